The maximum atomic E-state index is 12.2. The molecule has 2 heterocycles. The summed E-state index contributed by atoms with van der Waals surface area (Å²) < 4.78 is 18.6. The number of imidazole rings is 1. The summed E-state index contributed by atoms with van der Waals surface area (Å²) in [4.78, 5) is 17.2. The zero-order valence-corrected chi connectivity index (χ0v) is 21.5. The lowest BCUT2D eigenvalue weighted by molar-refractivity contribution is 0.115. The zero-order valence-electron chi connectivity index (χ0n) is 21.5. The highest BCUT2D eigenvalue weighted by Gasteiger charge is 2.40. The van der Waals surface area contributed by atoms with Crippen LogP contribution in [-0.2, 0) is 10.3 Å². The first-order chi connectivity index (χ1) is 18.1. The van der Waals surface area contributed by atoms with Crippen molar-refractivity contribution in [2.24, 2.45) is 0 Å². The van der Waals surface area contributed by atoms with E-state index in [1.165, 1.54) is 0 Å². The van der Waals surface area contributed by atoms with Gasteiger partial charge in [0.25, 0.3) is 0 Å². The minimum Gasteiger partial charge on any atom is -0.490 e. The van der Waals surface area contributed by atoms with E-state index >= 15 is 0 Å². The number of nitrogens with zero attached hydrogens (tertiary/aromatic N) is 3. The summed E-state index contributed by atoms with van der Waals surface area (Å²) in [5.74, 6) is 1.10. The third-order valence-electron chi connectivity index (χ3n) is 6.70. The summed E-state index contributed by atoms with van der Waals surface area (Å²) in [5, 5.41) is 7.83. The van der Waals surface area contributed by atoms with Crippen LogP contribution in [0.4, 0.5) is 4.79 Å². The highest BCUT2D eigenvalue weighted by Crippen LogP contribution is 2.43. The van der Waals surface area contributed by atoms with Crippen molar-refractivity contribution < 1.29 is 19.0 Å². The van der Waals surface area contributed by atoms with Gasteiger partial charge in [0.1, 0.15) is 5.69 Å². The predicted octanol–water partition coefficient (Wildman–Crippen LogP) is 5.99. The Morgan fingerprint density at radius 3 is 2.30 bits per heavy atom. The molecule has 1 N–H and O–H groups in total. The first-order valence-electron chi connectivity index (χ1n) is 12.9. The maximum Gasteiger partial charge on any atom is 0.407 e. The Hall–Kier alpha value is -4.07. The van der Waals surface area contributed by atoms with E-state index < -0.39 is 0 Å². The quantitative estimate of drug-likeness (QED) is 0.304. The highest BCUT2D eigenvalue weighted by atomic mass is 16.5. The number of hydrogen-bond donors (Lipinski definition) is 1. The Kier molecular flexibility index (Phi) is 6.99. The monoisotopic (exact) mass is 500 g/mol. The second-order valence-electron chi connectivity index (χ2n) is 8.98. The van der Waals surface area contributed by atoms with E-state index in [0.29, 0.717) is 37.1 Å². The van der Waals surface area contributed by atoms with Gasteiger partial charge in [-0.25, -0.2) is 14.3 Å². The molecular formula is C29H32N4O4. The number of ether oxygens (including phenoxy) is 3. The number of amides is 1. The van der Waals surface area contributed by atoms with Crippen molar-refractivity contribution in [1.82, 2.24) is 19.9 Å². The smallest absolute Gasteiger partial charge is 0.407 e. The third kappa shape index (κ3) is 4.71. The molecule has 1 aliphatic carbocycles. The van der Waals surface area contributed by atoms with Crippen molar-refractivity contribution >= 4 is 11.7 Å². The molecule has 0 unspecified atom stereocenters. The van der Waals surface area contributed by atoms with Crippen LogP contribution in [0.25, 0.3) is 28.2 Å². The van der Waals surface area contributed by atoms with Gasteiger partial charge >= 0.3 is 6.09 Å². The number of nitrogens with one attached hydrogen (secondary N) is 1. The molecule has 37 heavy (non-hydrogen) atoms. The van der Waals surface area contributed by atoms with E-state index in [1.54, 1.807) is 6.07 Å². The minimum atomic E-state index is -0.387. The van der Waals surface area contributed by atoms with Crippen molar-refractivity contribution in [3.05, 3.63) is 66.2 Å². The molecule has 0 radical (unpaired) electrons. The van der Waals surface area contributed by atoms with Crippen molar-refractivity contribution in [1.29, 1.82) is 0 Å². The Morgan fingerprint density at radius 2 is 1.68 bits per heavy atom. The molecule has 192 valence electrons. The minimum absolute atomic E-state index is 0.347. The van der Waals surface area contributed by atoms with Crippen LogP contribution < -0.4 is 14.8 Å². The average Bonchev–Trinajstić information content (AvgIpc) is 3.27. The standard InChI is InChI=1S/C29H32N4O4/c1-4-35-23-19-24(36-5-2)32-33-26(21-11-8-7-9-12-21)25(30-27(23)33)20-13-15-22(16-14-20)29(17-10-18-29)31-28(34)37-6-3/h7-9,11-16,19H,4-6,10,17-18H2,1-3H3,(H,31,34). The van der Waals surface area contributed by atoms with Crippen molar-refractivity contribution in [2.75, 3.05) is 19.8 Å². The Balaban J connectivity index is 1.62. The highest BCUT2D eigenvalue weighted by molar-refractivity contribution is 5.83. The van der Waals surface area contributed by atoms with Crippen LogP contribution in [0.2, 0.25) is 0 Å². The van der Waals surface area contributed by atoms with Crippen LogP contribution in [0, 0.1) is 0 Å². The Labute approximate surface area is 216 Å². The molecular weight excluding hydrogens is 468 g/mol. The molecule has 0 atom stereocenters. The third-order valence-corrected chi connectivity index (χ3v) is 6.70. The lowest BCUT2D eigenvalue weighted by Gasteiger charge is -2.42. The van der Waals surface area contributed by atoms with E-state index in [1.807, 2.05) is 55.6 Å². The zero-order chi connectivity index (χ0) is 25.8. The molecule has 8 nitrogen and oxygen atoms in total. The topological polar surface area (TPSA) is 87.0 Å². The van der Waals surface area contributed by atoms with Gasteiger partial charge < -0.3 is 19.5 Å². The van der Waals surface area contributed by atoms with Crippen LogP contribution in [0.1, 0.15) is 45.6 Å². The van der Waals surface area contributed by atoms with Crippen LogP contribution in [-0.4, -0.2) is 40.5 Å². The molecule has 5 rings (SSSR count). The van der Waals surface area contributed by atoms with E-state index in [0.717, 1.165) is 47.3 Å². The average molecular weight is 501 g/mol. The lowest BCUT2D eigenvalue weighted by atomic mass is 9.71. The molecule has 8 heteroatoms. The number of carbonyl (C=O) groups excluding carboxylic acids is 1. The predicted molar refractivity (Wildman–Crippen MR) is 142 cm³/mol. The maximum absolute atomic E-state index is 12.2. The number of hydrogen-bond acceptors (Lipinski definition) is 6. The van der Waals surface area contributed by atoms with E-state index in [2.05, 4.69) is 29.6 Å². The molecule has 0 spiro atoms. The fourth-order valence-corrected chi connectivity index (χ4v) is 4.84. The van der Waals surface area contributed by atoms with Gasteiger partial charge in [-0.15, -0.1) is 5.10 Å². The molecule has 1 fully saturated rings. The van der Waals surface area contributed by atoms with Gasteiger partial charge in [-0.3, -0.25) is 0 Å². The normalized spacial score (nSPS) is 14.1. The molecule has 1 aliphatic rings. The van der Waals surface area contributed by atoms with E-state index in [4.69, 9.17) is 24.3 Å². The molecule has 4 aromatic rings. The van der Waals surface area contributed by atoms with Gasteiger partial charge in [0.15, 0.2) is 11.4 Å². The second kappa shape index (κ2) is 10.5. The lowest BCUT2D eigenvalue weighted by Crippen LogP contribution is -2.50. The molecule has 0 bridgehead atoms. The second-order valence-corrected chi connectivity index (χ2v) is 8.98. The molecule has 2 aromatic heterocycles. The molecule has 0 saturated heterocycles. The van der Waals surface area contributed by atoms with E-state index in [9.17, 15) is 4.79 Å². The fourth-order valence-electron chi connectivity index (χ4n) is 4.84. The first kappa shape index (κ1) is 24.6. The van der Waals surface area contributed by atoms with Crippen molar-refractivity contribution in [3.63, 3.8) is 0 Å². The summed E-state index contributed by atoms with van der Waals surface area (Å²) in [5.41, 5.74) is 4.88. The SMILES string of the molecule is CCOC(=O)NC1(c2ccc(-c3nc4c(OCC)cc(OCC)nn4c3-c3ccccc3)cc2)CCC1. The van der Waals surface area contributed by atoms with Crippen LogP contribution >= 0.6 is 0 Å². The van der Waals surface area contributed by atoms with Gasteiger partial charge in [0.05, 0.1) is 31.1 Å². The number of carbonyl (C=O) groups is 1. The molecule has 1 amide bonds. The Bertz CT molecular complexity index is 1380. The molecule has 1 saturated carbocycles. The summed E-state index contributed by atoms with van der Waals surface area (Å²) in [6, 6.07) is 20.1. The van der Waals surface area contributed by atoms with Crippen molar-refractivity contribution in [3.8, 4) is 34.1 Å². The number of benzene rings is 2. The van der Waals surface area contributed by atoms with Gasteiger partial charge in [0, 0.05) is 17.2 Å². The van der Waals surface area contributed by atoms with Crippen molar-refractivity contribution in [2.45, 2.75) is 45.6 Å². The van der Waals surface area contributed by atoms with Gasteiger partial charge in [-0.2, -0.15) is 0 Å². The molecule has 0 aliphatic heterocycles. The largest absolute Gasteiger partial charge is 0.490 e. The Morgan fingerprint density at radius 1 is 0.946 bits per heavy atom. The number of rotatable bonds is 9. The molecule has 2 aromatic carbocycles. The van der Waals surface area contributed by atoms with Gasteiger partial charge in [0.2, 0.25) is 5.88 Å². The number of alkyl carbamates (subject to hydrolysis) is 1. The van der Waals surface area contributed by atoms with Gasteiger partial charge in [-0.05, 0) is 45.6 Å². The number of aromatic nitrogens is 3. The summed E-state index contributed by atoms with van der Waals surface area (Å²) in [6.45, 7) is 7.02. The van der Waals surface area contributed by atoms with Gasteiger partial charge in [-0.1, -0.05) is 54.6 Å². The van der Waals surface area contributed by atoms with Crippen LogP contribution in [0.5, 0.6) is 11.6 Å². The van der Waals surface area contributed by atoms with Crippen LogP contribution in [0.3, 0.4) is 0 Å². The summed E-state index contributed by atoms with van der Waals surface area (Å²) in [6.07, 6.45) is 2.46. The van der Waals surface area contributed by atoms with E-state index in [-0.39, 0.29) is 11.6 Å². The summed E-state index contributed by atoms with van der Waals surface area (Å²) >= 11 is 0. The first-order valence-corrected chi connectivity index (χ1v) is 12.9. The fraction of sp³-hybridized carbons (Fsp3) is 0.345. The van der Waals surface area contributed by atoms with Crippen LogP contribution in [0.15, 0.2) is 60.7 Å². The number of fused-ring (bicyclic) bond motifs is 1. The summed E-state index contributed by atoms with van der Waals surface area (Å²) in [7, 11) is 0.